The second-order valence-corrected chi connectivity index (χ2v) is 19.0. The Hall–Kier alpha value is -1.93. The van der Waals surface area contributed by atoms with E-state index in [1.54, 1.807) is 0 Å². The van der Waals surface area contributed by atoms with Gasteiger partial charge in [-0.1, -0.05) is 47.1 Å². The molecular weight excluding hydrogens is 656 g/mol. The SMILES string of the molecule is CC1(C)C2CC[C@]3(C)[C@H](C(=O)C=C4[C@@H]5C[C@@](C)(C(=O)O)CC[C@]5(C)CC[C@]43C)[C@@]2(C)CC[C@@H]1NC(=O)CNOC[C@@H]1O[C@H](CO)[C@@H](O)[C@H](O)[C@H]1O. The van der Waals surface area contributed by atoms with E-state index >= 15 is 0 Å². The molecule has 51 heavy (non-hydrogen) atoms. The molecule has 1 saturated heterocycles. The Labute approximate surface area is 302 Å². The molecule has 6 rings (SSSR count). The summed E-state index contributed by atoms with van der Waals surface area (Å²) in [6, 6.07) is -0.119. The van der Waals surface area contributed by atoms with Crippen molar-refractivity contribution in [3.63, 3.8) is 0 Å². The number of aliphatic hydroxyl groups excluding tert-OH is 4. The van der Waals surface area contributed by atoms with E-state index in [-0.39, 0.29) is 75.7 Å². The van der Waals surface area contributed by atoms with Crippen LogP contribution in [-0.4, -0.2) is 99.5 Å². The number of aliphatic hydroxyl groups is 4. The molecule has 1 heterocycles. The molecule has 0 spiro atoms. The van der Waals surface area contributed by atoms with Crippen molar-refractivity contribution in [1.29, 1.82) is 0 Å². The molecule has 0 radical (unpaired) electrons. The van der Waals surface area contributed by atoms with Crippen LogP contribution in [0.5, 0.6) is 0 Å². The van der Waals surface area contributed by atoms with Crippen LogP contribution in [0.2, 0.25) is 0 Å². The first kappa shape index (κ1) is 38.8. The molecule has 12 heteroatoms. The van der Waals surface area contributed by atoms with Crippen LogP contribution in [0.3, 0.4) is 0 Å². The normalized spacial score (nSPS) is 49.0. The van der Waals surface area contributed by atoms with Gasteiger partial charge in [-0.15, -0.1) is 0 Å². The number of aliphatic carboxylic acids is 1. The lowest BCUT2D eigenvalue weighted by atomic mass is 9.33. The maximum Gasteiger partial charge on any atom is 0.309 e. The number of carboxylic acids is 1. The molecule has 0 aromatic carbocycles. The highest BCUT2D eigenvalue weighted by Gasteiger charge is 2.70. The summed E-state index contributed by atoms with van der Waals surface area (Å²) in [4.78, 5) is 45.6. The number of hydrogen-bond donors (Lipinski definition) is 7. The molecule has 288 valence electrons. The molecule has 0 bridgehead atoms. The monoisotopic (exact) mass is 718 g/mol. The molecule has 12 nitrogen and oxygen atoms in total. The molecule has 5 aliphatic carbocycles. The quantitative estimate of drug-likeness (QED) is 0.144. The van der Waals surface area contributed by atoms with E-state index in [0.29, 0.717) is 12.8 Å². The van der Waals surface area contributed by atoms with Gasteiger partial charge in [0.2, 0.25) is 5.91 Å². The van der Waals surface area contributed by atoms with E-state index in [1.165, 1.54) is 5.57 Å². The van der Waals surface area contributed by atoms with E-state index in [2.05, 4.69) is 52.3 Å². The summed E-state index contributed by atoms with van der Waals surface area (Å²) in [6.07, 6.45) is 3.08. The molecule has 6 aliphatic rings. The summed E-state index contributed by atoms with van der Waals surface area (Å²) in [7, 11) is 0. The zero-order chi connectivity index (χ0) is 37.5. The third-order valence-corrected chi connectivity index (χ3v) is 16.0. The Bertz CT molecular complexity index is 1430. The first-order chi connectivity index (χ1) is 23.7. The number of carbonyl (C=O) groups is 3. The molecule has 7 N–H and O–H groups in total. The van der Waals surface area contributed by atoms with Gasteiger partial charge in [-0.2, -0.15) is 5.48 Å². The number of amides is 1. The zero-order valence-electron chi connectivity index (χ0n) is 31.5. The van der Waals surface area contributed by atoms with Crippen LogP contribution in [-0.2, 0) is 24.0 Å². The Kier molecular flexibility index (Phi) is 9.98. The summed E-state index contributed by atoms with van der Waals surface area (Å²) >= 11 is 0. The largest absolute Gasteiger partial charge is 0.481 e. The van der Waals surface area contributed by atoms with Crippen LogP contribution < -0.4 is 10.8 Å². The van der Waals surface area contributed by atoms with Gasteiger partial charge in [-0.3, -0.25) is 19.2 Å². The van der Waals surface area contributed by atoms with Crippen LogP contribution in [0, 0.1) is 50.2 Å². The fourth-order valence-electron chi connectivity index (χ4n) is 12.5. The molecule has 1 amide bonds. The van der Waals surface area contributed by atoms with Crippen molar-refractivity contribution < 1.29 is 49.5 Å². The van der Waals surface area contributed by atoms with E-state index in [9.17, 15) is 39.9 Å². The third kappa shape index (κ3) is 5.94. The van der Waals surface area contributed by atoms with Gasteiger partial charge in [0.25, 0.3) is 0 Å². The third-order valence-electron chi connectivity index (χ3n) is 16.0. The number of hydrogen-bond acceptors (Lipinski definition) is 10. The first-order valence-corrected chi connectivity index (χ1v) is 19.1. The van der Waals surface area contributed by atoms with Gasteiger partial charge in [0, 0.05) is 12.0 Å². The zero-order valence-corrected chi connectivity index (χ0v) is 31.5. The summed E-state index contributed by atoms with van der Waals surface area (Å²) in [5.41, 5.74) is 2.01. The molecular formula is C39H62N2O10. The van der Waals surface area contributed by atoms with E-state index in [0.717, 1.165) is 44.9 Å². The summed E-state index contributed by atoms with van der Waals surface area (Å²) in [5, 5.41) is 53.1. The predicted octanol–water partition coefficient (Wildman–Crippen LogP) is 2.90. The van der Waals surface area contributed by atoms with Crippen LogP contribution in [0.15, 0.2) is 11.6 Å². The average molecular weight is 719 g/mol. The number of carboxylic acid groups (broad SMARTS) is 1. The standard InChI is InChI=1S/C39H62N2O10/c1-34(2)26-8-11-39(7)32(23(43)16-21-22-17-36(4,33(48)49)13-12-35(22,3)14-15-38(21,39)6)37(26,5)10-9-27(34)41-28(44)18-40-50-20-25-30(46)31(47)29(45)24(19-42)51-25/h16,22,24-27,29-32,40,42,45-47H,8-15,17-20H2,1-7H3,(H,41,44)(H,48,49)/t22-,24+,25-,26?,27-,29+,30-,31-,32+,35+,36-,37-,38+,39+/m0/s1. The van der Waals surface area contributed by atoms with Crippen molar-refractivity contribution in [1.82, 2.24) is 10.8 Å². The molecule has 4 saturated carbocycles. The molecule has 14 atom stereocenters. The number of rotatable bonds is 8. The van der Waals surface area contributed by atoms with Crippen molar-refractivity contribution in [2.24, 2.45) is 50.2 Å². The number of ketones is 1. The maximum atomic E-state index is 14.6. The van der Waals surface area contributed by atoms with Crippen molar-refractivity contribution in [3.05, 3.63) is 11.6 Å². The lowest BCUT2D eigenvalue weighted by Gasteiger charge is -2.70. The van der Waals surface area contributed by atoms with Gasteiger partial charge in [0.15, 0.2) is 5.78 Å². The van der Waals surface area contributed by atoms with E-state index in [4.69, 9.17) is 9.57 Å². The van der Waals surface area contributed by atoms with Gasteiger partial charge in [0.05, 0.1) is 25.2 Å². The number of carbonyl (C=O) groups excluding carboxylic acids is 2. The minimum absolute atomic E-state index is 0.00296. The highest BCUT2D eigenvalue weighted by atomic mass is 16.7. The lowest BCUT2D eigenvalue weighted by molar-refractivity contribution is -0.242. The predicted molar refractivity (Wildman–Crippen MR) is 187 cm³/mol. The topological polar surface area (TPSA) is 195 Å². The fraction of sp³-hybridized carbons (Fsp3) is 0.872. The van der Waals surface area contributed by atoms with E-state index in [1.807, 2.05) is 13.0 Å². The van der Waals surface area contributed by atoms with Crippen LogP contribution in [0.4, 0.5) is 0 Å². The van der Waals surface area contributed by atoms with Crippen molar-refractivity contribution in [3.8, 4) is 0 Å². The van der Waals surface area contributed by atoms with Crippen molar-refractivity contribution in [2.75, 3.05) is 19.8 Å². The maximum absolute atomic E-state index is 14.6. The van der Waals surface area contributed by atoms with Crippen molar-refractivity contribution in [2.45, 2.75) is 143 Å². The highest BCUT2D eigenvalue weighted by Crippen LogP contribution is 2.75. The Morgan fingerprint density at radius 1 is 0.902 bits per heavy atom. The summed E-state index contributed by atoms with van der Waals surface area (Å²) < 4.78 is 5.45. The first-order valence-electron chi connectivity index (χ1n) is 19.1. The van der Waals surface area contributed by atoms with Crippen LogP contribution >= 0.6 is 0 Å². The summed E-state index contributed by atoms with van der Waals surface area (Å²) in [5.74, 6) is -0.688. The minimum Gasteiger partial charge on any atom is -0.481 e. The molecule has 0 aromatic rings. The van der Waals surface area contributed by atoms with Crippen LogP contribution in [0.1, 0.15) is 106 Å². The molecule has 1 unspecified atom stereocenters. The Balaban J connectivity index is 1.14. The van der Waals surface area contributed by atoms with Gasteiger partial charge in [0.1, 0.15) is 30.5 Å². The summed E-state index contributed by atoms with van der Waals surface area (Å²) in [6.45, 7) is 14.7. The number of fused-ring (bicyclic) bond motifs is 7. The fourth-order valence-corrected chi connectivity index (χ4v) is 12.5. The number of ether oxygens (including phenoxy) is 1. The van der Waals surface area contributed by atoms with Gasteiger partial charge >= 0.3 is 5.97 Å². The highest BCUT2D eigenvalue weighted by molar-refractivity contribution is 5.95. The minimum atomic E-state index is -1.50. The Morgan fingerprint density at radius 3 is 2.24 bits per heavy atom. The van der Waals surface area contributed by atoms with Crippen molar-refractivity contribution >= 4 is 17.7 Å². The second-order valence-electron chi connectivity index (χ2n) is 19.0. The smallest absolute Gasteiger partial charge is 0.309 e. The average Bonchev–Trinajstić information content (AvgIpc) is 3.06. The van der Waals surface area contributed by atoms with Gasteiger partial charge < -0.3 is 35.6 Å². The number of allylic oxidation sites excluding steroid dienone is 2. The lowest BCUT2D eigenvalue weighted by Crippen LogP contribution is -2.68. The van der Waals surface area contributed by atoms with Gasteiger partial charge in [-0.25, -0.2) is 0 Å². The van der Waals surface area contributed by atoms with E-state index < -0.39 is 48.5 Å². The number of hydroxylamine groups is 1. The van der Waals surface area contributed by atoms with Gasteiger partial charge in [-0.05, 0) is 110 Å². The molecule has 0 aromatic heterocycles. The number of nitrogens with one attached hydrogen (secondary N) is 2. The molecule has 5 fully saturated rings. The van der Waals surface area contributed by atoms with Crippen LogP contribution in [0.25, 0.3) is 0 Å². The second kappa shape index (κ2) is 13.1. The Morgan fingerprint density at radius 2 is 1.57 bits per heavy atom. The molecule has 1 aliphatic heterocycles.